The molecule has 12 aliphatic heterocycles. The first-order valence-corrected chi connectivity index (χ1v) is 42.7. The molecule has 0 aromatic heterocycles. The highest BCUT2D eigenvalue weighted by Gasteiger charge is 2.83. The Balaban J connectivity index is 0.675. The van der Waals surface area contributed by atoms with Crippen LogP contribution in [0.25, 0.3) is 0 Å². The Morgan fingerprint density at radius 1 is 0.692 bits per heavy atom. The van der Waals surface area contributed by atoms with Gasteiger partial charge in [-0.2, -0.15) is 0 Å². The lowest BCUT2D eigenvalue weighted by molar-refractivity contribution is -0.329. The number of carbonyl (C=O) groups is 3. The zero-order valence-electron chi connectivity index (χ0n) is 64.3. The summed E-state index contributed by atoms with van der Waals surface area (Å²) in [6.45, 7) is 36.2. The molecule has 2 aromatic rings. The number of methoxy groups -OCH3 is 2. The second-order valence-corrected chi connectivity index (χ2v) is 39.9. The lowest BCUT2D eigenvalue weighted by Gasteiger charge is -2.51. The van der Waals surface area contributed by atoms with Crippen molar-refractivity contribution in [3.8, 4) is 11.5 Å². The van der Waals surface area contributed by atoms with E-state index in [0.29, 0.717) is 63.7 Å². The van der Waals surface area contributed by atoms with Crippen LogP contribution in [0.1, 0.15) is 196 Å². The number of benzene rings is 2. The van der Waals surface area contributed by atoms with Crippen LogP contribution in [0.2, 0.25) is 18.1 Å². The first kappa shape index (κ1) is 76.5. The highest BCUT2D eigenvalue weighted by molar-refractivity contribution is 6.74. The topological polar surface area (TPSA) is 199 Å². The van der Waals surface area contributed by atoms with Crippen LogP contribution in [-0.2, 0) is 87.0 Å². The van der Waals surface area contributed by atoms with Crippen molar-refractivity contribution >= 4 is 25.9 Å². The second kappa shape index (κ2) is 30.9. The molecule has 12 saturated heterocycles. The predicted octanol–water partition coefficient (Wildman–Crippen LogP) is 14.7. The van der Waals surface area contributed by atoms with Crippen molar-refractivity contribution in [3.05, 3.63) is 96.1 Å². The minimum atomic E-state index is -2.15. The summed E-state index contributed by atoms with van der Waals surface area (Å²) < 4.78 is 110. The van der Waals surface area contributed by atoms with E-state index in [2.05, 4.69) is 88.6 Å². The van der Waals surface area contributed by atoms with E-state index >= 15 is 0 Å². The summed E-state index contributed by atoms with van der Waals surface area (Å²) in [6, 6.07) is 15.4. The van der Waals surface area contributed by atoms with E-state index in [1.165, 1.54) is 0 Å². The summed E-state index contributed by atoms with van der Waals surface area (Å²) in [5.74, 6) is -1.11. The average molecular weight is 1460 g/mol. The summed E-state index contributed by atoms with van der Waals surface area (Å²) in [6.07, 6.45) is 5.52. The monoisotopic (exact) mass is 1460 g/mol. The number of esters is 1. The van der Waals surface area contributed by atoms with Gasteiger partial charge in [-0.05, 0) is 177 Å². The summed E-state index contributed by atoms with van der Waals surface area (Å²) in [5, 5.41) is 0.0310. The van der Waals surface area contributed by atoms with E-state index in [4.69, 9.17) is 75.5 Å². The Bertz CT molecular complexity index is 3410. The van der Waals surface area contributed by atoms with Crippen LogP contribution in [0.15, 0.2) is 85.0 Å². The zero-order valence-corrected chi connectivity index (χ0v) is 65.3. The van der Waals surface area contributed by atoms with E-state index in [1.807, 2.05) is 61.5 Å². The van der Waals surface area contributed by atoms with Gasteiger partial charge in [-0.3, -0.25) is 14.4 Å². The van der Waals surface area contributed by atoms with Gasteiger partial charge in [0, 0.05) is 43.6 Å². The summed E-state index contributed by atoms with van der Waals surface area (Å²) in [5.41, 5.74) is 3.86. The molecule has 12 heterocycles. The molecular weight excluding hydrogens is 1340 g/mol. The third kappa shape index (κ3) is 15.4. The number of fused-ring (bicyclic) bond motifs is 7. The van der Waals surface area contributed by atoms with Gasteiger partial charge in [0.05, 0.1) is 100 Å². The van der Waals surface area contributed by atoms with Gasteiger partial charge in [0.2, 0.25) is 11.6 Å². The highest BCUT2D eigenvalue weighted by atomic mass is 28.4. The molecule has 2 spiro atoms. The van der Waals surface area contributed by atoms with Crippen molar-refractivity contribution in [2.75, 3.05) is 14.2 Å². The number of rotatable bonds is 19. The van der Waals surface area contributed by atoms with Gasteiger partial charge < -0.3 is 75.5 Å². The minimum absolute atomic E-state index is 0.000489. The molecule has 1 aliphatic carbocycles. The molecule has 13 aliphatic rings. The van der Waals surface area contributed by atoms with Crippen molar-refractivity contribution in [2.45, 2.75) is 337 Å². The fourth-order valence-corrected chi connectivity index (χ4v) is 21.1. The van der Waals surface area contributed by atoms with Gasteiger partial charge in [-0.25, -0.2) is 0 Å². The van der Waals surface area contributed by atoms with Crippen molar-refractivity contribution in [3.63, 3.8) is 0 Å². The normalized spacial score (nSPS) is 42.3. The standard InChI is InChI=1S/C84H120O19Si/c1-17-64-49(6)39-71(103-104(15,16)82(10,11)12)73(95-64)50(7)35-57(86)34-47(4)65(90-44-53-18-23-58(88-13)24-19-53)29-22-56(85)40-55-41-63-52(9)74-70(94-69(63)38-46(55)3)43-68-51(8)45(2)36-60(92-68)27-30-66-48(5)37-62(91-66)32-33-83-81-84(102-80(98-81)54-20-25-59(89-14)26-21-54)79(101-83)78-77(100-84)76(99-83)75-67(96-78)31-28-61(93-75)42-72(87)97-74/h18-26,29,45-47,49-50,52,55,60-71,73-81H,5,8,17,27-28,30-44H2,1-4,6-7,9-16H3/b29-22+/t45-,46-,47+,49-,50+,52+,55?,60?,61-,62+,63+,64-,65-,66+,67+,68?,69+,70+,71+,73+,74?,75+,76+,77-,78?,79?,80?,81+,83-,84?/m1/s1. The maximum atomic E-state index is 15.0. The molecule has 1 saturated carbocycles. The number of carbonyl (C=O) groups excluding carboxylic acids is 3. The van der Waals surface area contributed by atoms with Crippen LogP contribution in [-0.4, -0.2) is 168 Å². The van der Waals surface area contributed by atoms with Crippen molar-refractivity contribution in [1.29, 1.82) is 0 Å². The third-order valence-electron chi connectivity index (χ3n) is 26.9. The minimum Gasteiger partial charge on any atom is -0.497 e. The number of hydrogen-bond acceptors (Lipinski definition) is 19. The third-order valence-corrected chi connectivity index (χ3v) is 31.4. The zero-order chi connectivity index (χ0) is 73.5. The fraction of sp³-hybridized carbons (Fsp3) is 0.750. The smallest absolute Gasteiger partial charge is 0.308 e. The summed E-state index contributed by atoms with van der Waals surface area (Å²) in [4.78, 5) is 44.0. The molecule has 30 atom stereocenters. The Labute approximate surface area is 618 Å². The number of hydrogen-bond donors (Lipinski definition) is 0. The molecule has 2 aromatic carbocycles. The van der Waals surface area contributed by atoms with Gasteiger partial charge in [-0.15, -0.1) is 0 Å². The molecule has 104 heavy (non-hydrogen) atoms. The Kier molecular flexibility index (Phi) is 22.7. The van der Waals surface area contributed by atoms with Crippen molar-refractivity contribution in [1.82, 2.24) is 0 Å². The number of Topliss-reactive ketones (excluding diaryl/α,β-unsaturated/α-hetero) is 1. The van der Waals surface area contributed by atoms with Gasteiger partial charge in [0.25, 0.3) is 0 Å². The Morgan fingerprint density at radius 3 is 2.13 bits per heavy atom. The van der Waals surface area contributed by atoms with E-state index in [1.54, 1.807) is 20.3 Å². The van der Waals surface area contributed by atoms with E-state index in [0.717, 1.165) is 72.3 Å². The van der Waals surface area contributed by atoms with Crippen LogP contribution in [0.5, 0.6) is 11.5 Å². The van der Waals surface area contributed by atoms with E-state index < -0.39 is 87.2 Å². The largest absolute Gasteiger partial charge is 0.497 e. The Morgan fingerprint density at radius 2 is 1.40 bits per heavy atom. The van der Waals surface area contributed by atoms with Gasteiger partial charge in [0.15, 0.2) is 26.5 Å². The Hall–Kier alpha value is -4.23. The van der Waals surface area contributed by atoms with E-state index in [9.17, 15) is 14.4 Å². The number of allylic oxidation sites excluding steroid dienone is 1. The van der Waals surface area contributed by atoms with Crippen LogP contribution in [0.4, 0.5) is 0 Å². The molecule has 0 radical (unpaired) electrons. The lowest BCUT2D eigenvalue weighted by atomic mass is 9.64. The fourth-order valence-electron chi connectivity index (χ4n) is 19.8. The predicted molar refractivity (Wildman–Crippen MR) is 391 cm³/mol. The molecule has 574 valence electrons. The van der Waals surface area contributed by atoms with Crippen LogP contribution in [0.3, 0.4) is 0 Å². The molecular formula is C84H120O19Si. The molecule has 0 amide bonds. The molecule has 15 rings (SSSR count). The maximum Gasteiger partial charge on any atom is 0.308 e. The van der Waals surface area contributed by atoms with Gasteiger partial charge >= 0.3 is 5.97 Å². The molecule has 8 unspecified atom stereocenters. The number of ketones is 2. The molecule has 19 nitrogen and oxygen atoms in total. The van der Waals surface area contributed by atoms with Crippen LogP contribution >= 0.6 is 0 Å². The molecule has 0 N–H and O–H groups in total. The summed E-state index contributed by atoms with van der Waals surface area (Å²) >= 11 is 0. The van der Waals surface area contributed by atoms with Crippen LogP contribution < -0.4 is 9.47 Å². The molecule has 13 fully saturated rings. The van der Waals surface area contributed by atoms with Crippen molar-refractivity contribution in [2.24, 2.45) is 47.3 Å². The summed E-state index contributed by atoms with van der Waals surface area (Å²) in [7, 11) is 1.14. The average Bonchev–Trinajstić information content (AvgIpc) is 1.49. The van der Waals surface area contributed by atoms with Crippen LogP contribution in [0, 0.1) is 47.3 Å². The SMILES string of the molecule is C=C1C2C[C@@H]3O[C@H]4C[C@@H](C)C(CC(=O)/C=C/[C@@H](OCc5ccc(OC)cc5)[C@@H](C)CC(=O)C[C@H](C)[C@@H]5O[C@H](CC)[C@H](C)C[C@@H]5O[Si](C)(C)C(C)(C)C)C[C@H]4[C@H](C)C3OC(=O)C[C@H]3CC[C@@H]4OC5C6O[C@@]7(CC[C@H]8CC(=C)[C@H](CCC(C[C@H]1C)O2)O8)O[C@@H]([C@H]4O3)[C@H]5OC61OC(c2ccc(OC)cc2)O[C@H]17. The van der Waals surface area contributed by atoms with E-state index in [-0.39, 0.29) is 138 Å². The first-order valence-electron chi connectivity index (χ1n) is 39.8. The van der Waals surface area contributed by atoms with Gasteiger partial charge in [0.1, 0.15) is 53.9 Å². The van der Waals surface area contributed by atoms with Crippen molar-refractivity contribution < 1.29 is 89.9 Å². The quantitative estimate of drug-likeness (QED) is 0.0556. The molecule has 20 heteroatoms. The first-order chi connectivity index (χ1) is 49.6. The number of ether oxygens (including phenoxy) is 15. The lowest BCUT2D eigenvalue weighted by Crippen LogP contribution is -2.62. The van der Waals surface area contributed by atoms with Gasteiger partial charge in [-0.1, -0.05) is 113 Å². The second-order valence-electron chi connectivity index (χ2n) is 35.2. The highest BCUT2D eigenvalue weighted by Crippen LogP contribution is 2.65. The maximum absolute atomic E-state index is 15.0. The molecule has 12 bridgehead atoms.